The Morgan fingerprint density at radius 1 is 1.30 bits per heavy atom. The predicted molar refractivity (Wildman–Crippen MR) is 96.1 cm³/mol. The molecule has 1 amide bonds. The van der Waals surface area contributed by atoms with Gasteiger partial charge in [-0.25, -0.2) is 8.78 Å². The predicted octanol–water partition coefficient (Wildman–Crippen LogP) is 1.06. The molecule has 2 N–H and O–H groups in total. The summed E-state index contributed by atoms with van der Waals surface area (Å²) in [5.74, 6) is 9.80. The molecular formula is C20H20F2N2O3. The molecule has 1 saturated heterocycles. The van der Waals surface area contributed by atoms with E-state index >= 15 is 0 Å². The summed E-state index contributed by atoms with van der Waals surface area (Å²) in [5, 5.41) is 12.0. The molecule has 27 heavy (non-hydrogen) atoms. The lowest BCUT2D eigenvalue weighted by Gasteiger charge is -2.30. The van der Waals surface area contributed by atoms with Crippen molar-refractivity contribution in [2.24, 2.45) is 0 Å². The molecule has 1 fully saturated rings. The first-order chi connectivity index (χ1) is 12.6. The van der Waals surface area contributed by atoms with Gasteiger partial charge >= 0.3 is 0 Å². The van der Waals surface area contributed by atoms with Gasteiger partial charge in [0.2, 0.25) is 0 Å². The molecule has 0 saturated carbocycles. The minimum absolute atomic E-state index is 0.155. The summed E-state index contributed by atoms with van der Waals surface area (Å²) >= 11 is 0. The normalized spacial score (nSPS) is 21.0. The van der Waals surface area contributed by atoms with E-state index in [0.29, 0.717) is 5.56 Å². The highest BCUT2D eigenvalue weighted by atomic mass is 19.3. The third-order valence-corrected chi connectivity index (χ3v) is 4.22. The minimum atomic E-state index is -3.19. The van der Waals surface area contributed by atoms with E-state index in [1.54, 1.807) is 12.1 Å². The van der Waals surface area contributed by atoms with Crippen LogP contribution >= 0.6 is 0 Å². The van der Waals surface area contributed by atoms with Gasteiger partial charge in [-0.2, -0.15) is 0 Å². The van der Waals surface area contributed by atoms with Gasteiger partial charge in [-0.15, -0.1) is 0 Å². The van der Waals surface area contributed by atoms with Crippen LogP contribution in [0.4, 0.5) is 8.78 Å². The number of hydrogen-bond acceptors (Lipinski definition) is 4. The first-order valence-electron chi connectivity index (χ1n) is 8.26. The second-order valence-corrected chi connectivity index (χ2v) is 6.60. The van der Waals surface area contributed by atoms with E-state index in [4.69, 9.17) is 0 Å². The van der Waals surface area contributed by atoms with Crippen molar-refractivity contribution in [3.8, 4) is 23.7 Å². The highest BCUT2D eigenvalue weighted by molar-refractivity contribution is 5.98. The number of aliphatic hydroxyl groups is 1. The number of benzene rings is 1. The number of nitrogens with zero attached hydrogens (tertiary/aromatic N) is 1. The first-order valence-corrected chi connectivity index (χ1v) is 8.26. The summed E-state index contributed by atoms with van der Waals surface area (Å²) in [6.45, 7) is 2.78. The van der Waals surface area contributed by atoms with Gasteiger partial charge in [-0.05, 0) is 57.0 Å². The Bertz CT molecular complexity index is 842. The second kappa shape index (κ2) is 8.30. The molecule has 2 rings (SSSR count). The average molecular weight is 374 g/mol. The quantitative estimate of drug-likeness (QED) is 0.597. The fourth-order valence-corrected chi connectivity index (χ4v) is 2.31. The van der Waals surface area contributed by atoms with Crippen LogP contribution in [0, 0.1) is 23.7 Å². The molecule has 0 aliphatic carbocycles. The van der Waals surface area contributed by atoms with Crippen LogP contribution in [0.3, 0.4) is 0 Å². The molecule has 1 aliphatic heterocycles. The summed E-state index contributed by atoms with van der Waals surface area (Å²) in [6.07, 6.45) is -3.19. The van der Waals surface area contributed by atoms with Gasteiger partial charge in [0.25, 0.3) is 12.3 Å². The Morgan fingerprint density at radius 3 is 2.37 bits per heavy atom. The van der Waals surface area contributed by atoms with E-state index in [0.717, 1.165) is 20.4 Å². The van der Waals surface area contributed by atoms with Crippen LogP contribution in [0.5, 0.6) is 0 Å². The number of carbonyl (C=O) groups excluding carboxylic acids is 2. The Kier molecular flexibility index (Phi) is 6.32. The number of nitrogens with one attached hydrogen (secondary N) is 1. The molecule has 1 heterocycles. The molecule has 2 unspecified atom stereocenters. The molecule has 4 atom stereocenters. The van der Waals surface area contributed by atoms with Crippen molar-refractivity contribution in [1.82, 2.24) is 10.2 Å². The fraction of sp³-hybridized carbons (Fsp3) is 0.400. The summed E-state index contributed by atoms with van der Waals surface area (Å²) in [5.41, 5.74) is -1.88. The fourth-order valence-electron chi connectivity index (χ4n) is 2.31. The number of rotatable bonds is 5. The second-order valence-electron chi connectivity index (χ2n) is 6.60. The van der Waals surface area contributed by atoms with Crippen molar-refractivity contribution >= 4 is 11.7 Å². The van der Waals surface area contributed by atoms with Crippen molar-refractivity contribution in [3.05, 3.63) is 35.4 Å². The molecule has 1 aromatic carbocycles. The van der Waals surface area contributed by atoms with E-state index < -0.39 is 29.8 Å². The third-order valence-electron chi connectivity index (χ3n) is 4.22. The molecule has 0 bridgehead atoms. The number of carbonyl (C=O) groups is 2. The van der Waals surface area contributed by atoms with Crippen LogP contribution in [0.15, 0.2) is 24.3 Å². The maximum atomic E-state index is 13.0. The van der Waals surface area contributed by atoms with Gasteiger partial charge in [-0.3, -0.25) is 14.5 Å². The summed E-state index contributed by atoms with van der Waals surface area (Å²) < 4.78 is 25.9. The van der Waals surface area contributed by atoms with Crippen molar-refractivity contribution in [3.63, 3.8) is 0 Å². The Balaban J connectivity index is 2.05. The van der Waals surface area contributed by atoms with E-state index in [2.05, 4.69) is 33.9 Å². The monoisotopic (exact) mass is 374 g/mol. The third kappa shape index (κ3) is 5.37. The zero-order chi connectivity index (χ0) is 20.2. The van der Waals surface area contributed by atoms with E-state index in [1.165, 1.54) is 12.1 Å². The first kappa shape index (κ1) is 20.6. The summed E-state index contributed by atoms with van der Waals surface area (Å²) in [7, 11) is 1.97. The molecule has 1 aliphatic rings. The SMILES string of the molecule is CC(=O)[C@@H](NC(=O)c1ccc(C#CC#CC2CN2C)cc1)[C@](C)(O)C(F)F. The summed E-state index contributed by atoms with van der Waals surface area (Å²) in [6, 6.07) is 4.62. The van der Waals surface area contributed by atoms with Crippen LogP contribution in [0.2, 0.25) is 0 Å². The van der Waals surface area contributed by atoms with Gasteiger partial charge in [0, 0.05) is 17.7 Å². The topological polar surface area (TPSA) is 69.4 Å². The number of hydrogen-bond donors (Lipinski definition) is 2. The van der Waals surface area contributed by atoms with Crippen molar-refractivity contribution < 1.29 is 23.5 Å². The molecule has 0 radical (unpaired) electrons. The molecule has 7 heteroatoms. The molecule has 5 nitrogen and oxygen atoms in total. The number of halogens is 2. The van der Waals surface area contributed by atoms with Gasteiger partial charge in [-0.1, -0.05) is 11.8 Å². The van der Waals surface area contributed by atoms with Crippen molar-refractivity contribution in [2.45, 2.75) is 38.0 Å². The maximum absolute atomic E-state index is 13.0. The zero-order valence-electron chi connectivity index (χ0n) is 15.2. The maximum Gasteiger partial charge on any atom is 0.269 e. The Hall–Kier alpha value is -2.74. The van der Waals surface area contributed by atoms with Gasteiger partial charge in [0.1, 0.15) is 11.6 Å². The molecule has 0 spiro atoms. The van der Waals surface area contributed by atoms with E-state index in [1.807, 2.05) is 7.05 Å². The minimum Gasteiger partial charge on any atom is -0.382 e. The number of amides is 1. The smallest absolute Gasteiger partial charge is 0.269 e. The largest absolute Gasteiger partial charge is 0.382 e. The van der Waals surface area contributed by atoms with Crippen LogP contribution < -0.4 is 5.32 Å². The number of Topliss-reactive ketones (excluding diaryl/α,β-unsaturated/α-hetero) is 1. The molecule has 0 aromatic heterocycles. The Labute approximate surface area is 156 Å². The zero-order valence-corrected chi connectivity index (χ0v) is 15.2. The number of alkyl halides is 2. The number of likely N-dealkylation sites (N-methyl/N-ethyl adjacent to an activating group) is 1. The highest BCUT2D eigenvalue weighted by Crippen LogP contribution is 2.21. The van der Waals surface area contributed by atoms with Crippen molar-refractivity contribution in [2.75, 3.05) is 13.6 Å². The van der Waals surface area contributed by atoms with Crippen LogP contribution in [0.1, 0.15) is 29.8 Å². The van der Waals surface area contributed by atoms with Crippen LogP contribution in [-0.4, -0.2) is 59.4 Å². The Morgan fingerprint density at radius 2 is 1.89 bits per heavy atom. The lowest BCUT2D eigenvalue weighted by molar-refractivity contribution is -0.138. The van der Waals surface area contributed by atoms with E-state index in [-0.39, 0.29) is 11.6 Å². The van der Waals surface area contributed by atoms with Gasteiger partial charge < -0.3 is 10.4 Å². The van der Waals surface area contributed by atoms with E-state index in [9.17, 15) is 23.5 Å². The highest BCUT2D eigenvalue weighted by Gasteiger charge is 2.44. The van der Waals surface area contributed by atoms with Gasteiger partial charge in [0.05, 0.1) is 6.04 Å². The lowest BCUT2D eigenvalue weighted by Crippen LogP contribution is -2.58. The van der Waals surface area contributed by atoms with Crippen LogP contribution in [-0.2, 0) is 4.79 Å². The van der Waals surface area contributed by atoms with Gasteiger partial charge in [0.15, 0.2) is 5.78 Å². The standard InChI is InChI=1S/C20H20F2N2O3/c1-13(25)17(20(2,27)19(21)22)23-18(26)15-10-8-14(9-11-15)6-4-5-7-16-12-24(16)3/h8-11,16-17,19,27H,12H2,1-3H3,(H,23,26)/t16?,17-,20+,24?/m1/s1. The summed E-state index contributed by atoms with van der Waals surface area (Å²) in [4.78, 5) is 25.9. The number of ketones is 1. The van der Waals surface area contributed by atoms with Crippen molar-refractivity contribution in [1.29, 1.82) is 0 Å². The molecular weight excluding hydrogens is 354 g/mol. The average Bonchev–Trinajstić information content (AvgIpc) is 3.31. The molecule has 142 valence electrons. The lowest BCUT2D eigenvalue weighted by atomic mass is 9.93. The molecule has 1 aromatic rings. The van der Waals surface area contributed by atoms with Crippen LogP contribution in [0.25, 0.3) is 0 Å².